The van der Waals surface area contributed by atoms with Crippen LogP contribution in [-0.4, -0.2) is 54.5 Å². The highest BCUT2D eigenvalue weighted by molar-refractivity contribution is 5.79. The molecule has 18 heavy (non-hydrogen) atoms. The maximum Gasteiger partial charge on any atom is 0.234 e. The van der Waals surface area contributed by atoms with Gasteiger partial charge >= 0.3 is 0 Å². The van der Waals surface area contributed by atoms with Crippen molar-refractivity contribution in [2.24, 2.45) is 11.7 Å². The SMILES string of the molecule is CCC(C(N)=O)N1CCC(CN2CCCCC2)C1. The summed E-state index contributed by atoms with van der Waals surface area (Å²) in [5, 5.41) is 0. The second-order valence-electron chi connectivity index (χ2n) is 5.84. The average molecular weight is 253 g/mol. The number of piperidine rings is 1. The summed E-state index contributed by atoms with van der Waals surface area (Å²) < 4.78 is 0. The second kappa shape index (κ2) is 6.53. The molecule has 0 saturated carbocycles. The number of nitrogens with zero attached hydrogens (tertiary/aromatic N) is 2. The first-order valence-corrected chi connectivity index (χ1v) is 7.46. The smallest absolute Gasteiger partial charge is 0.234 e. The summed E-state index contributed by atoms with van der Waals surface area (Å²) in [5.74, 6) is 0.577. The third-order valence-corrected chi connectivity index (χ3v) is 4.44. The minimum atomic E-state index is -0.156. The van der Waals surface area contributed by atoms with Gasteiger partial charge < -0.3 is 10.6 Å². The standard InChI is InChI=1S/C14H27N3O/c1-2-13(14(15)18)17-9-6-12(11-17)10-16-7-4-3-5-8-16/h12-13H,2-11H2,1H3,(H2,15,18). The Balaban J connectivity index is 1.78. The molecule has 2 fully saturated rings. The highest BCUT2D eigenvalue weighted by atomic mass is 16.1. The number of rotatable bonds is 5. The van der Waals surface area contributed by atoms with Crippen molar-refractivity contribution < 1.29 is 4.79 Å². The van der Waals surface area contributed by atoms with Crippen LogP contribution in [0, 0.1) is 5.92 Å². The van der Waals surface area contributed by atoms with Gasteiger partial charge in [-0.25, -0.2) is 0 Å². The fourth-order valence-electron chi connectivity index (χ4n) is 3.44. The molecule has 2 unspecified atom stereocenters. The van der Waals surface area contributed by atoms with Crippen molar-refractivity contribution in [3.63, 3.8) is 0 Å². The highest BCUT2D eigenvalue weighted by Gasteiger charge is 2.31. The molecule has 0 aromatic carbocycles. The number of nitrogens with two attached hydrogens (primary N) is 1. The first-order valence-electron chi connectivity index (χ1n) is 7.46. The van der Waals surface area contributed by atoms with Crippen LogP contribution >= 0.6 is 0 Å². The van der Waals surface area contributed by atoms with Crippen LogP contribution in [-0.2, 0) is 4.79 Å². The molecule has 2 aliphatic heterocycles. The van der Waals surface area contributed by atoms with Crippen LogP contribution in [0.1, 0.15) is 39.0 Å². The van der Waals surface area contributed by atoms with Crippen molar-refractivity contribution in [2.45, 2.75) is 45.1 Å². The maximum absolute atomic E-state index is 11.4. The Labute approximate surface area is 110 Å². The molecule has 0 aliphatic carbocycles. The molecule has 1 amide bonds. The molecule has 4 nitrogen and oxygen atoms in total. The molecule has 2 aliphatic rings. The summed E-state index contributed by atoms with van der Waals surface area (Å²) in [6.45, 7) is 7.89. The summed E-state index contributed by atoms with van der Waals surface area (Å²) in [7, 11) is 0. The van der Waals surface area contributed by atoms with E-state index in [4.69, 9.17) is 5.73 Å². The lowest BCUT2D eigenvalue weighted by atomic mass is 10.1. The predicted octanol–water partition coefficient (Wildman–Crippen LogP) is 1.06. The Bertz CT molecular complexity index is 276. The summed E-state index contributed by atoms with van der Waals surface area (Å²) in [4.78, 5) is 16.3. The van der Waals surface area contributed by atoms with Crippen LogP contribution in [0.3, 0.4) is 0 Å². The zero-order valence-corrected chi connectivity index (χ0v) is 11.6. The highest BCUT2D eigenvalue weighted by Crippen LogP contribution is 2.22. The molecule has 2 atom stereocenters. The van der Waals surface area contributed by atoms with Gasteiger partial charge in [0.15, 0.2) is 0 Å². The molecule has 0 spiro atoms. The number of primary amides is 1. The molecule has 4 heteroatoms. The van der Waals surface area contributed by atoms with E-state index in [0.717, 1.165) is 25.4 Å². The van der Waals surface area contributed by atoms with Crippen molar-refractivity contribution in [1.82, 2.24) is 9.80 Å². The monoisotopic (exact) mass is 253 g/mol. The normalized spacial score (nSPS) is 28.4. The number of likely N-dealkylation sites (tertiary alicyclic amines) is 2. The number of amides is 1. The molecule has 0 aromatic heterocycles. The molecular weight excluding hydrogens is 226 g/mol. The average Bonchev–Trinajstić information content (AvgIpc) is 2.79. The number of hydrogen-bond donors (Lipinski definition) is 1. The van der Waals surface area contributed by atoms with Gasteiger partial charge in [-0.1, -0.05) is 13.3 Å². The van der Waals surface area contributed by atoms with Gasteiger partial charge in [-0.2, -0.15) is 0 Å². The molecule has 0 radical (unpaired) electrons. The Hall–Kier alpha value is -0.610. The van der Waals surface area contributed by atoms with Gasteiger partial charge in [0.1, 0.15) is 0 Å². The molecule has 2 heterocycles. The van der Waals surface area contributed by atoms with E-state index < -0.39 is 0 Å². The van der Waals surface area contributed by atoms with Gasteiger partial charge in [0.2, 0.25) is 5.91 Å². The second-order valence-corrected chi connectivity index (χ2v) is 5.84. The molecule has 2 N–H and O–H groups in total. The van der Waals surface area contributed by atoms with E-state index in [2.05, 4.69) is 9.80 Å². The molecule has 0 aromatic rings. The third kappa shape index (κ3) is 3.45. The predicted molar refractivity (Wildman–Crippen MR) is 73.2 cm³/mol. The lowest BCUT2D eigenvalue weighted by Crippen LogP contribution is -2.43. The van der Waals surface area contributed by atoms with Crippen LogP contribution in [0.2, 0.25) is 0 Å². The van der Waals surface area contributed by atoms with Crippen molar-refractivity contribution in [1.29, 1.82) is 0 Å². The number of hydrogen-bond acceptors (Lipinski definition) is 3. The van der Waals surface area contributed by atoms with Crippen molar-refractivity contribution >= 4 is 5.91 Å². The van der Waals surface area contributed by atoms with E-state index >= 15 is 0 Å². The quantitative estimate of drug-likeness (QED) is 0.797. The Morgan fingerprint density at radius 3 is 2.61 bits per heavy atom. The van der Waals surface area contributed by atoms with Crippen LogP contribution in [0.5, 0.6) is 0 Å². The fourth-order valence-corrected chi connectivity index (χ4v) is 3.44. The van der Waals surface area contributed by atoms with E-state index in [1.807, 2.05) is 6.92 Å². The van der Waals surface area contributed by atoms with Gasteiger partial charge in [0, 0.05) is 13.1 Å². The zero-order valence-electron chi connectivity index (χ0n) is 11.6. The van der Waals surface area contributed by atoms with E-state index in [0.29, 0.717) is 0 Å². The minimum absolute atomic E-state index is 0.0450. The van der Waals surface area contributed by atoms with Crippen LogP contribution in [0.15, 0.2) is 0 Å². The topological polar surface area (TPSA) is 49.6 Å². The summed E-state index contributed by atoms with van der Waals surface area (Å²) >= 11 is 0. The third-order valence-electron chi connectivity index (χ3n) is 4.44. The number of carbonyl (C=O) groups is 1. The zero-order chi connectivity index (χ0) is 13.0. The Kier molecular flexibility index (Phi) is 5.01. The minimum Gasteiger partial charge on any atom is -0.368 e. The molecule has 2 rings (SSSR count). The van der Waals surface area contributed by atoms with E-state index in [1.165, 1.54) is 45.3 Å². The van der Waals surface area contributed by atoms with Crippen molar-refractivity contribution in [3.8, 4) is 0 Å². The van der Waals surface area contributed by atoms with Crippen molar-refractivity contribution in [3.05, 3.63) is 0 Å². The maximum atomic E-state index is 11.4. The Morgan fingerprint density at radius 2 is 2.00 bits per heavy atom. The van der Waals surface area contributed by atoms with Crippen LogP contribution in [0.4, 0.5) is 0 Å². The molecule has 104 valence electrons. The van der Waals surface area contributed by atoms with E-state index in [9.17, 15) is 4.79 Å². The summed E-state index contributed by atoms with van der Waals surface area (Å²) in [5.41, 5.74) is 5.47. The van der Waals surface area contributed by atoms with Crippen LogP contribution < -0.4 is 5.73 Å². The molecule has 2 saturated heterocycles. The van der Waals surface area contributed by atoms with Gasteiger partial charge in [-0.15, -0.1) is 0 Å². The lowest BCUT2D eigenvalue weighted by molar-refractivity contribution is -0.123. The molecule has 0 bridgehead atoms. The lowest BCUT2D eigenvalue weighted by Gasteiger charge is -2.29. The van der Waals surface area contributed by atoms with E-state index in [1.54, 1.807) is 0 Å². The first kappa shape index (κ1) is 13.8. The largest absolute Gasteiger partial charge is 0.368 e. The van der Waals surface area contributed by atoms with Crippen molar-refractivity contribution in [2.75, 3.05) is 32.7 Å². The first-order chi connectivity index (χ1) is 8.70. The van der Waals surface area contributed by atoms with Gasteiger partial charge in [-0.05, 0) is 51.2 Å². The van der Waals surface area contributed by atoms with E-state index in [-0.39, 0.29) is 11.9 Å². The fraction of sp³-hybridized carbons (Fsp3) is 0.929. The summed E-state index contributed by atoms with van der Waals surface area (Å²) in [6, 6.07) is -0.0450. The number of carbonyl (C=O) groups excluding carboxylic acids is 1. The van der Waals surface area contributed by atoms with Gasteiger partial charge in [0.05, 0.1) is 6.04 Å². The van der Waals surface area contributed by atoms with Gasteiger partial charge in [-0.3, -0.25) is 9.69 Å². The Morgan fingerprint density at radius 1 is 1.28 bits per heavy atom. The molecular formula is C14H27N3O. The van der Waals surface area contributed by atoms with Crippen LogP contribution in [0.25, 0.3) is 0 Å². The summed E-state index contributed by atoms with van der Waals surface area (Å²) in [6.07, 6.45) is 6.17. The van der Waals surface area contributed by atoms with Gasteiger partial charge in [0.25, 0.3) is 0 Å².